The molecule has 0 aliphatic carbocycles. The molecular weight excluding hydrogens is 418 g/mol. The molecule has 3 atom stereocenters. The number of aliphatic hydroxyl groups is 1. The Balaban J connectivity index is 1.56. The Morgan fingerprint density at radius 2 is 1.91 bits per heavy atom. The predicted octanol–water partition coefficient (Wildman–Crippen LogP) is 2.92. The molecular formula is C21H35N5O6. The molecule has 1 aromatic heterocycles. The van der Waals surface area contributed by atoms with Crippen LogP contribution in [0.25, 0.3) is 10.4 Å². The molecule has 0 bridgehead atoms. The first-order valence-corrected chi connectivity index (χ1v) is 11.4. The highest BCUT2D eigenvalue weighted by Gasteiger charge is 2.37. The zero-order chi connectivity index (χ0) is 23.2. The molecule has 2 N–H and O–H groups in total. The van der Waals surface area contributed by atoms with Crippen LogP contribution in [0.15, 0.2) is 20.9 Å². The second kappa shape index (κ2) is 14.8. The molecule has 180 valence electrons. The van der Waals surface area contributed by atoms with Gasteiger partial charge in [-0.15, -0.1) is 0 Å². The number of aromatic amines is 1. The number of ether oxygens (including phenoxy) is 3. The summed E-state index contributed by atoms with van der Waals surface area (Å²) in [5.41, 5.74) is 7.64. The average molecular weight is 454 g/mol. The molecule has 1 saturated heterocycles. The van der Waals surface area contributed by atoms with Crippen LogP contribution >= 0.6 is 0 Å². The molecule has 1 aliphatic rings. The number of nitrogens with zero attached hydrogens (tertiary/aromatic N) is 4. The summed E-state index contributed by atoms with van der Waals surface area (Å²) in [5, 5.41) is 13.1. The van der Waals surface area contributed by atoms with Crippen LogP contribution in [0.2, 0.25) is 0 Å². The standard InChI is InChI=1S/C21H35N5O6/c1-16-13-26(21(29)24-20(16)28)19-12-17(18(14-27)32-19)31-15-30-11-9-7-5-3-2-4-6-8-10-23-25-22/h13,17-19,27H,2-12,14-15H2,1H3,(H,24,28,29)/t17-,18+,19+/m0/s1. The van der Waals surface area contributed by atoms with Crippen molar-refractivity contribution in [2.24, 2.45) is 5.11 Å². The molecule has 0 amide bonds. The third-order valence-corrected chi connectivity index (χ3v) is 5.54. The van der Waals surface area contributed by atoms with Gasteiger partial charge in [0.15, 0.2) is 0 Å². The Kier molecular flexibility index (Phi) is 12.1. The number of hydrogen-bond acceptors (Lipinski definition) is 7. The second-order valence-corrected chi connectivity index (χ2v) is 8.04. The number of H-pyrrole nitrogens is 1. The minimum atomic E-state index is -0.612. The molecule has 1 aromatic rings. The van der Waals surface area contributed by atoms with E-state index in [0.29, 0.717) is 25.1 Å². The molecule has 2 rings (SSSR count). The highest BCUT2D eigenvalue weighted by atomic mass is 16.7. The van der Waals surface area contributed by atoms with E-state index in [1.54, 1.807) is 6.92 Å². The maximum atomic E-state index is 12.1. The van der Waals surface area contributed by atoms with E-state index >= 15 is 0 Å². The van der Waals surface area contributed by atoms with Gasteiger partial charge in [0.25, 0.3) is 5.56 Å². The molecule has 0 spiro atoms. The third kappa shape index (κ3) is 8.76. The summed E-state index contributed by atoms with van der Waals surface area (Å²) in [7, 11) is 0. The number of rotatable bonds is 16. The average Bonchev–Trinajstić information content (AvgIpc) is 3.19. The third-order valence-electron chi connectivity index (χ3n) is 5.54. The van der Waals surface area contributed by atoms with Crippen molar-refractivity contribution in [1.29, 1.82) is 0 Å². The minimum Gasteiger partial charge on any atom is -0.394 e. The van der Waals surface area contributed by atoms with Crippen LogP contribution in [0.1, 0.15) is 69.6 Å². The zero-order valence-corrected chi connectivity index (χ0v) is 18.8. The lowest BCUT2D eigenvalue weighted by Gasteiger charge is -2.16. The number of aromatic nitrogens is 2. The van der Waals surface area contributed by atoms with E-state index in [-0.39, 0.29) is 13.4 Å². The van der Waals surface area contributed by atoms with Crippen LogP contribution < -0.4 is 11.2 Å². The van der Waals surface area contributed by atoms with E-state index in [9.17, 15) is 14.7 Å². The van der Waals surface area contributed by atoms with Gasteiger partial charge in [-0.3, -0.25) is 14.3 Å². The van der Waals surface area contributed by atoms with Gasteiger partial charge in [-0.05, 0) is 25.3 Å². The smallest absolute Gasteiger partial charge is 0.330 e. The topological polar surface area (TPSA) is 152 Å². The molecule has 1 fully saturated rings. The second-order valence-electron chi connectivity index (χ2n) is 8.04. The summed E-state index contributed by atoms with van der Waals surface area (Å²) >= 11 is 0. The van der Waals surface area contributed by atoms with Crippen LogP contribution in [0.5, 0.6) is 0 Å². The molecule has 11 heteroatoms. The van der Waals surface area contributed by atoms with Gasteiger partial charge in [0.1, 0.15) is 19.1 Å². The lowest BCUT2D eigenvalue weighted by Crippen LogP contribution is -2.33. The molecule has 32 heavy (non-hydrogen) atoms. The number of nitrogens with one attached hydrogen (secondary N) is 1. The highest BCUT2D eigenvalue weighted by Crippen LogP contribution is 2.29. The van der Waals surface area contributed by atoms with Crippen LogP contribution in [0.3, 0.4) is 0 Å². The fraction of sp³-hybridized carbons (Fsp3) is 0.810. The lowest BCUT2D eigenvalue weighted by atomic mass is 10.1. The van der Waals surface area contributed by atoms with Gasteiger partial charge < -0.3 is 19.3 Å². The molecule has 0 unspecified atom stereocenters. The maximum Gasteiger partial charge on any atom is 0.330 e. The van der Waals surface area contributed by atoms with Crippen LogP contribution in [-0.4, -0.2) is 53.4 Å². The highest BCUT2D eigenvalue weighted by molar-refractivity contribution is 5.02. The van der Waals surface area contributed by atoms with Crippen LogP contribution in [-0.2, 0) is 14.2 Å². The summed E-state index contributed by atoms with van der Waals surface area (Å²) in [6, 6.07) is 0. The Morgan fingerprint density at radius 1 is 1.22 bits per heavy atom. The van der Waals surface area contributed by atoms with Crippen LogP contribution in [0, 0.1) is 6.92 Å². The Morgan fingerprint density at radius 3 is 2.59 bits per heavy atom. The maximum absolute atomic E-state index is 12.1. The van der Waals surface area contributed by atoms with Gasteiger partial charge >= 0.3 is 5.69 Å². The molecule has 0 aromatic carbocycles. The number of unbranched alkanes of at least 4 members (excludes halogenated alkanes) is 7. The van der Waals surface area contributed by atoms with Gasteiger partial charge in [0.05, 0.1) is 12.7 Å². The number of aliphatic hydroxyl groups excluding tert-OH is 1. The monoisotopic (exact) mass is 453 g/mol. The summed E-state index contributed by atoms with van der Waals surface area (Å²) in [6.45, 7) is 2.68. The first-order chi connectivity index (χ1) is 15.6. The summed E-state index contributed by atoms with van der Waals surface area (Å²) < 4.78 is 18.4. The normalized spacial score (nSPS) is 20.4. The van der Waals surface area contributed by atoms with Crippen molar-refractivity contribution in [2.45, 2.75) is 83.1 Å². The quantitative estimate of drug-likeness (QED) is 0.129. The van der Waals surface area contributed by atoms with Crippen molar-refractivity contribution in [3.05, 3.63) is 43.0 Å². The predicted molar refractivity (Wildman–Crippen MR) is 118 cm³/mol. The van der Waals surface area contributed by atoms with Crippen molar-refractivity contribution in [3.63, 3.8) is 0 Å². The van der Waals surface area contributed by atoms with Gasteiger partial charge in [-0.2, -0.15) is 0 Å². The van der Waals surface area contributed by atoms with E-state index in [1.165, 1.54) is 36.4 Å². The van der Waals surface area contributed by atoms with Gasteiger partial charge in [-0.1, -0.05) is 43.6 Å². The largest absolute Gasteiger partial charge is 0.394 e. The number of hydrogen-bond donors (Lipinski definition) is 2. The number of aryl methyl sites for hydroxylation is 1. The van der Waals surface area contributed by atoms with E-state index < -0.39 is 29.7 Å². The van der Waals surface area contributed by atoms with Gasteiger partial charge in [0.2, 0.25) is 0 Å². The van der Waals surface area contributed by atoms with E-state index in [1.807, 2.05) is 0 Å². The lowest BCUT2D eigenvalue weighted by molar-refractivity contribution is -0.119. The van der Waals surface area contributed by atoms with Gasteiger partial charge in [0, 0.05) is 36.2 Å². The summed E-state index contributed by atoms with van der Waals surface area (Å²) in [4.78, 5) is 28.6. The summed E-state index contributed by atoms with van der Waals surface area (Å²) in [6.07, 6.45) is 9.12. The fourth-order valence-electron chi connectivity index (χ4n) is 3.70. The molecule has 0 radical (unpaired) electrons. The molecule has 2 heterocycles. The molecule has 1 aliphatic heterocycles. The first-order valence-electron chi connectivity index (χ1n) is 11.4. The minimum absolute atomic E-state index is 0.0992. The van der Waals surface area contributed by atoms with Crippen molar-refractivity contribution < 1.29 is 19.3 Å². The Hall–Kier alpha value is -2.17. The van der Waals surface area contributed by atoms with Crippen molar-refractivity contribution in [3.8, 4) is 0 Å². The molecule has 0 saturated carbocycles. The van der Waals surface area contributed by atoms with Crippen LogP contribution in [0.4, 0.5) is 0 Å². The summed E-state index contributed by atoms with van der Waals surface area (Å²) in [5.74, 6) is 0. The zero-order valence-electron chi connectivity index (χ0n) is 18.8. The Labute approximate surface area is 187 Å². The van der Waals surface area contributed by atoms with E-state index in [4.69, 9.17) is 19.7 Å². The van der Waals surface area contributed by atoms with Crippen molar-refractivity contribution in [2.75, 3.05) is 26.6 Å². The van der Waals surface area contributed by atoms with Crippen molar-refractivity contribution >= 4 is 0 Å². The SMILES string of the molecule is Cc1cn([C@H]2C[C@H](OCOCCCCCCCCCCN=[N+]=[N-])[C@@H](CO)O2)c(=O)[nH]c1=O. The fourth-order valence-corrected chi connectivity index (χ4v) is 3.70. The molecule has 11 nitrogen and oxygen atoms in total. The first kappa shape index (κ1) is 26.1. The van der Waals surface area contributed by atoms with E-state index in [2.05, 4.69) is 15.0 Å². The van der Waals surface area contributed by atoms with Gasteiger partial charge in [-0.25, -0.2) is 4.79 Å². The Bertz CT molecular complexity index is 835. The number of azide groups is 1. The van der Waals surface area contributed by atoms with E-state index in [0.717, 1.165) is 25.7 Å². The van der Waals surface area contributed by atoms with Crippen molar-refractivity contribution in [1.82, 2.24) is 9.55 Å².